The van der Waals surface area contributed by atoms with E-state index < -0.39 is 0 Å². The third-order valence-corrected chi connectivity index (χ3v) is 7.19. The summed E-state index contributed by atoms with van der Waals surface area (Å²) >= 11 is 0. The Bertz CT molecular complexity index is 1180. The molecular weight excluding hydrogens is 436 g/mol. The minimum Gasteiger partial charge on any atom is -0.493 e. The van der Waals surface area contributed by atoms with Crippen LogP contribution in [0.1, 0.15) is 42.5 Å². The highest BCUT2D eigenvalue weighted by atomic mass is 16.5. The molecule has 0 spiro atoms. The number of carbonyl (C=O) groups excluding carboxylic acids is 1. The second-order valence-corrected chi connectivity index (χ2v) is 9.80. The van der Waals surface area contributed by atoms with Crippen molar-refractivity contribution in [2.75, 3.05) is 44.6 Å². The van der Waals surface area contributed by atoms with Crippen LogP contribution < -0.4 is 10.1 Å². The zero-order valence-electron chi connectivity index (χ0n) is 20.8. The van der Waals surface area contributed by atoms with Crippen molar-refractivity contribution in [2.45, 2.75) is 45.6 Å². The third kappa shape index (κ3) is 6.00. The molecule has 1 fully saturated rings. The number of hydrogen-bond acceptors (Lipinski definition) is 5. The van der Waals surface area contributed by atoms with Crippen LogP contribution in [0.5, 0.6) is 5.75 Å². The molecule has 2 aromatic carbocycles. The zero-order valence-corrected chi connectivity index (χ0v) is 20.8. The van der Waals surface area contributed by atoms with Gasteiger partial charge in [-0.15, -0.1) is 0 Å². The van der Waals surface area contributed by atoms with Crippen LogP contribution in [0.2, 0.25) is 0 Å². The number of unbranched alkanes of at least 4 members (excludes halogenated alkanes) is 1. The van der Waals surface area contributed by atoms with Gasteiger partial charge in [-0.1, -0.05) is 30.3 Å². The fraction of sp³-hybridized carbons (Fsp3) is 0.448. The molecule has 1 N–H and O–H groups in total. The maximum absolute atomic E-state index is 11.8. The summed E-state index contributed by atoms with van der Waals surface area (Å²) in [7, 11) is 0. The molecule has 0 radical (unpaired) electrons. The Morgan fingerprint density at radius 1 is 0.943 bits per heavy atom. The predicted molar refractivity (Wildman–Crippen MR) is 141 cm³/mol. The normalized spacial score (nSPS) is 17.1. The maximum atomic E-state index is 11.8. The van der Waals surface area contributed by atoms with Gasteiger partial charge in [-0.25, -0.2) is 0 Å². The van der Waals surface area contributed by atoms with Crippen molar-refractivity contribution in [2.24, 2.45) is 0 Å². The number of rotatable bonds is 8. The summed E-state index contributed by atoms with van der Waals surface area (Å²) in [5.74, 6) is 1.03. The van der Waals surface area contributed by atoms with Crippen LogP contribution in [0.15, 0.2) is 48.5 Å². The van der Waals surface area contributed by atoms with E-state index in [0.29, 0.717) is 6.42 Å². The van der Waals surface area contributed by atoms with Gasteiger partial charge < -0.3 is 15.0 Å². The topological polar surface area (TPSA) is 57.7 Å². The van der Waals surface area contributed by atoms with Gasteiger partial charge in [0, 0.05) is 37.0 Å². The molecule has 0 unspecified atom stereocenters. The molecule has 1 aromatic heterocycles. The van der Waals surface area contributed by atoms with E-state index >= 15 is 0 Å². The number of aryl methyl sites for hydroxylation is 1. The second-order valence-electron chi connectivity index (χ2n) is 9.80. The van der Waals surface area contributed by atoms with E-state index in [-0.39, 0.29) is 5.91 Å². The fourth-order valence-electron chi connectivity index (χ4n) is 5.19. The number of fused-ring (bicyclic) bond motifs is 2. The van der Waals surface area contributed by atoms with Crippen molar-refractivity contribution in [1.82, 2.24) is 14.8 Å². The lowest BCUT2D eigenvalue weighted by Gasteiger charge is -2.23. The number of carbonyl (C=O) groups is 1. The number of pyridine rings is 1. The van der Waals surface area contributed by atoms with Gasteiger partial charge in [-0.3, -0.25) is 14.7 Å². The molecule has 5 rings (SSSR count). The van der Waals surface area contributed by atoms with E-state index in [1.165, 1.54) is 11.8 Å². The highest BCUT2D eigenvalue weighted by Crippen LogP contribution is 2.34. The number of amides is 1. The molecule has 6 nitrogen and oxygen atoms in total. The first-order chi connectivity index (χ1) is 17.2. The largest absolute Gasteiger partial charge is 0.493 e. The van der Waals surface area contributed by atoms with Crippen molar-refractivity contribution in [3.63, 3.8) is 0 Å². The smallest absolute Gasteiger partial charge is 0.224 e. The summed E-state index contributed by atoms with van der Waals surface area (Å²) in [4.78, 5) is 21.8. The Morgan fingerprint density at radius 2 is 1.80 bits per heavy atom. The first kappa shape index (κ1) is 23.8. The summed E-state index contributed by atoms with van der Waals surface area (Å²) in [5.41, 5.74) is 5.45. The van der Waals surface area contributed by atoms with Crippen molar-refractivity contribution in [3.8, 4) is 5.75 Å². The van der Waals surface area contributed by atoms with Crippen LogP contribution in [-0.4, -0.2) is 60.0 Å². The van der Waals surface area contributed by atoms with Gasteiger partial charge >= 0.3 is 0 Å². The van der Waals surface area contributed by atoms with Gasteiger partial charge in [-0.2, -0.15) is 0 Å². The van der Waals surface area contributed by atoms with Crippen LogP contribution in [-0.2, 0) is 17.8 Å². The highest BCUT2D eigenvalue weighted by molar-refractivity contribution is 5.95. The van der Waals surface area contributed by atoms with Gasteiger partial charge in [-0.05, 0) is 76.0 Å². The molecule has 6 heteroatoms. The Balaban J connectivity index is 1.04. The Labute approximate surface area is 208 Å². The number of hydrogen-bond donors (Lipinski definition) is 1. The molecule has 3 heterocycles. The minimum atomic E-state index is 0.0993. The van der Waals surface area contributed by atoms with E-state index in [4.69, 9.17) is 9.72 Å². The number of para-hydroxylation sites is 1. The molecular formula is C29H36N4O2. The minimum absolute atomic E-state index is 0.0993. The van der Waals surface area contributed by atoms with Gasteiger partial charge in [0.1, 0.15) is 5.75 Å². The van der Waals surface area contributed by atoms with Gasteiger partial charge in [0.2, 0.25) is 5.91 Å². The van der Waals surface area contributed by atoms with Crippen molar-refractivity contribution >= 4 is 22.5 Å². The number of benzene rings is 2. The third-order valence-electron chi connectivity index (χ3n) is 7.19. The van der Waals surface area contributed by atoms with Crippen LogP contribution in [0.3, 0.4) is 0 Å². The molecule has 1 saturated heterocycles. The Kier molecular flexibility index (Phi) is 7.60. The van der Waals surface area contributed by atoms with Crippen molar-refractivity contribution < 1.29 is 9.53 Å². The number of aromatic nitrogens is 1. The molecule has 2 aliphatic rings. The number of nitrogens with zero attached hydrogens (tertiary/aromatic N) is 3. The van der Waals surface area contributed by atoms with E-state index in [1.807, 2.05) is 13.0 Å². The summed E-state index contributed by atoms with van der Waals surface area (Å²) in [6.45, 7) is 9.29. The van der Waals surface area contributed by atoms with Crippen LogP contribution in [0.25, 0.3) is 10.9 Å². The first-order valence-corrected chi connectivity index (χ1v) is 13.0. The predicted octanol–water partition coefficient (Wildman–Crippen LogP) is 4.79. The van der Waals surface area contributed by atoms with Crippen LogP contribution in [0, 0.1) is 6.92 Å². The average Bonchev–Trinajstić information content (AvgIpc) is 3.10. The summed E-state index contributed by atoms with van der Waals surface area (Å²) in [6, 6.07) is 16.8. The molecule has 3 aromatic rings. The first-order valence-electron chi connectivity index (χ1n) is 13.0. The maximum Gasteiger partial charge on any atom is 0.224 e. The summed E-state index contributed by atoms with van der Waals surface area (Å²) in [5, 5.41) is 4.22. The van der Waals surface area contributed by atoms with E-state index in [2.05, 4.69) is 57.6 Å². The van der Waals surface area contributed by atoms with Crippen LogP contribution in [0.4, 0.5) is 5.69 Å². The van der Waals surface area contributed by atoms with Gasteiger partial charge in [0.15, 0.2) is 0 Å². The Morgan fingerprint density at radius 3 is 2.74 bits per heavy atom. The molecule has 0 bridgehead atoms. The second kappa shape index (κ2) is 11.2. The quantitative estimate of drug-likeness (QED) is 0.478. The lowest BCUT2D eigenvalue weighted by molar-refractivity contribution is -0.116. The monoisotopic (exact) mass is 472 g/mol. The number of anilines is 1. The highest BCUT2D eigenvalue weighted by Gasteiger charge is 2.20. The molecule has 2 aliphatic heterocycles. The SMILES string of the molecule is Cc1ccc(OCCCCN2CCCN(Cc3ccc4ccccc4n3)CC2)c2c1NC(=O)CC2. The van der Waals surface area contributed by atoms with Gasteiger partial charge in [0.05, 0.1) is 23.5 Å². The van der Waals surface area contributed by atoms with Crippen LogP contribution >= 0.6 is 0 Å². The molecule has 0 aliphatic carbocycles. The average molecular weight is 473 g/mol. The molecule has 184 valence electrons. The van der Waals surface area contributed by atoms with Crippen molar-refractivity contribution in [3.05, 3.63) is 65.4 Å². The number of ether oxygens (including phenoxy) is 1. The molecule has 0 atom stereocenters. The Hall–Kier alpha value is -2.96. The van der Waals surface area contributed by atoms with E-state index in [0.717, 1.165) is 98.9 Å². The lowest BCUT2D eigenvalue weighted by atomic mass is 9.98. The molecule has 0 saturated carbocycles. The fourth-order valence-corrected chi connectivity index (χ4v) is 5.19. The summed E-state index contributed by atoms with van der Waals surface area (Å²) in [6.07, 6.45) is 4.67. The lowest BCUT2D eigenvalue weighted by Crippen LogP contribution is -2.31. The molecule has 35 heavy (non-hydrogen) atoms. The van der Waals surface area contributed by atoms with Gasteiger partial charge in [0.25, 0.3) is 0 Å². The standard InChI is InChI=1S/C29H36N4O2/c1-22-9-13-27(25-12-14-28(34)31-29(22)25)35-20-5-4-15-32-16-6-17-33(19-18-32)21-24-11-10-23-7-2-3-8-26(23)30-24/h2-3,7-11,13H,4-6,12,14-21H2,1H3,(H,31,34). The summed E-state index contributed by atoms with van der Waals surface area (Å²) < 4.78 is 6.14. The van der Waals surface area contributed by atoms with Crippen molar-refractivity contribution in [1.29, 1.82) is 0 Å². The molecule has 1 amide bonds. The van der Waals surface area contributed by atoms with E-state index in [9.17, 15) is 4.79 Å². The number of nitrogens with one attached hydrogen (secondary N) is 1. The van der Waals surface area contributed by atoms with E-state index in [1.54, 1.807) is 0 Å². The zero-order chi connectivity index (χ0) is 24.0.